The van der Waals surface area contributed by atoms with E-state index in [1.165, 1.54) is 12.3 Å². The second-order valence-electron chi connectivity index (χ2n) is 5.64. The smallest absolute Gasteiger partial charge is 0.262 e. The molecule has 0 atom stereocenters. The minimum Gasteiger partial charge on any atom is -0.482 e. The monoisotopic (exact) mass is 385 g/mol. The molecule has 0 fully saturated rings. The predicted molar refractivity (Wildman–Crippen MR) is 104 cm³/mol. The maximum Gasteiger partial charge on any atom is 0.262 e. The van der Waals surface area contributed by atoms with E-state index in [2.05, 4.69) is 15.6 Å². The van der Waals surface area contributed by atoms with E-state index in [4.69, 9.17) is 16.3 Å². The molecule has 0 saturated heterocycles. The van der Waals surface area contributed by atoms with Crippen LogP contribution in [0.3, 0.4) is 0 Å². The number of nitrogens with zero attached hydrogens (tertiary/aromatic N) is 1. The Bertz CT molecular complexity index is 919. The number of pyridine rings is 1. The molecule has 0 radical (unpaired) electrons. The van der Waals surface area contributed by atoms with Crippen molar-refractivity contribution in [1.82, 2.24) is 4.98 Å². The van der Waals surface area contributed by atoms with Gasteiger partial charge in [0, 0.05) is 12.1 Å². The molecule has 0 aliphatic heterocycles. The number of anilines is 2. The van der Waals surface area contributed by atoms with Crippen LogP contribution in [-0.2, 0) is 11.3 Å². The molecule has 5 nitrogen and oxygen atoms in total. The standard InChI is InChI=1S/C20H17ClFN3O2/c21-16-6-2-4-8-18(16)27-13-20(26)25-15-9-10-19(24-12-15)23-11-14-5-1-3-7-17(14)22/h1-10,12H,11,13H2,(H,23,24)(H,25,26). The van der Waals surface area contributed by atoms with Crippen LogP contribution in [0.4, 0.5) is 15.9 Å². The van der Waals surface area contributed by atoms with Crippen LogP contribution < -0.4 is 15.4 Å². The summed E-state index contributed by atoms with van der Waals surface area (Å²) in [5, 5.41) is 6.16. The van der Waals surface area contributed by atoms with Crippen LogP contribution in [0.25, 0.3) is 0 Å². The summed E-state index contributed by atoms with van der Waals surface area (Å²) in [4.78, 5) is 16.2. The third kappa shape index (κ3) is 5.43. The van der Waals surface area contributed by atoms with Crippen LogP contribution in [0, 0.1) is 5.82 Å². The van der Waals surface area contributed by atoms with E-state index in [1.54, 1.807) is 54.6 Å². The Hall–Kier alpha value is -3.12. The molecule has 0 aliphatic rings. The minimum atomic E-state index is -0.330. The summed E-state index contributed by atoms with van der Waals surface area (Å²) in [7, 11) is 0. The van der Waals surface area contributed by atoms with Crippen LogP contribution in [0.5, 0.6) is 5.75 Å². The molecule has 3 rings (SSSR count). The van der Waals surface area contributed by atoms with Gasteiger partial charge in [0.2, 0.25) is 0 Å². The van der Waals surface area contributed by atoms with Crippen LogP contribution in [-0.4, -0.2) is 17.5 Å². The Morgan fingerprint density at radius 2 is 1.85 bits per heavy atom. The van der Waals surface area contributed by atoms with E-state index < -0.39 is 0 Å². The largest absolute Gasteiger partial charge is 0.482 e. The summed E-state index contributed by atoms with van der Waals surface area (Å²) in [6.45, 7) is 0.147. The molecule has 0 aliphatic carbocycles. The second kappa shape index (κ2) is 9.00. The van der Waals surface area contributed by atoms with Gasteiger partial charge < -0.3 is 15.4 Å². The first-order chi connectivity index (χ1) is 13.1. The quantitative estimate of drug-likeness (QED) is 0.628. The number of aromatic nitrogens is 1. The molecule has 0 saturated carbocycles. The number of nitrogens with one attached hydrogen (secondary N) is 2. The first kappa shape index (κ1) is 18.7. The van der Waals surface area contributed by atoms with E-state index in [-0.39, 0.29) is 18.3 Å². The molecule has 2 aromatic carbocycles. The predicted octanol–water partition coefficient (Wildman–Crippen LogP) is 4.50. The average molecular weight is 386 g/mol. The zero-order valence-corrected chi connectivity index (χ0v) is 15.0. The van der Waals surface area contributed by atoms with Crippen LogP contribution in [0.1, 0.15) is 5.56 Å². The lowest BCUT2D eigenvalue weighted by molar-refractivity contribution is -0.118. The molecule has 0 unspecified atom stereocenters. The van der Waals surface area contributed by atoms with Crippen molar-refractivity contribution in [3.8, 4) is 5.75 Å². The molecular formula is C20H17ClFN3O2. The van der Waals surface area contributed by atoms with Crippen molar-refractivity contribution >= 4 is 29.0 Å². The van der Waals surface area contributed by atoms with Crippen molar-refractivity contribution < 1.29 is 13.9 Å². The van der Waals surface area contributed by atoms with Gasteiger partial charge in [0.25, 0.3) is 5.91 Å². The second-order valence-corrected chi connectivity index (χ2v) is 6.05. The average Bonchev–Trinajstić information content (AvgIpc) is 2.68. The molecule has 7 heteroatoms. The van der Waals surface area contributed by atoms with Crippen molar-refractivity contribution in [2.45, 2.75) is 6.54 Å². The molecule has 1 amide bonds. The van der Waals surface area contributed by atoms with Crippen molar-refractivity contribution in [3.63, 3.8) is 0 Å². The van der Waals surface area contributed by atoms with Crippen molar-refractivity contribution in [2.24, 2.45) is 0 Å². The number of ether oxygens (including phenoxy) is 1. The van der Waals surface area contributed by atoms with Gasteiger partial charge in [-0.3, -0.25) is 4.79 Å². The Kier molecular flexibility index (Phi) is 6.22. The number of amides is 1. The van der Waals surface area contributed by atoms with Crippen LogP contribution in [0.2, 0.25) is 5.02 Å². The fourth-order valence-corrected chi connectivity index (χ4v) is 2.49. The Morgan fingerprint density at radius 1 is 1.07 bits per heavy atom. The van der Waals surface area contributed by atoms with Crippen molar-refractivity contribution in [1.29, 1.82) is 0 Å². The third-order valence-electron chi connectivity index (χ3n) is 3.66. The highest BCUT2D eigenvalue weighted by Crippen LogP contribution is 2.23. The van der Waals surface area contributed by atoms with Gasteiger partial charge in [-0.15, -0.1) is 0 Å². The van der Waals surface area contributed by atoms with Crippen LogP contribution >= 0.6 is 11.6 Å². The zero-order valence-electron chi connectivity index (χ0n) is 14.3. The third-order valence-corrected chi connectivity index (χ3v) is 3.97. The summed E-state index contributed by atoms with van der Waals surface area (Å²) in [5.41, 5.74) is 1.08. The maximum absolute atomic E-state index is 13.6. The number of carbonyl (C=O) groups is 1. The zero-order chi connectivity index (χ0) is 19.1. The summed E-state index contributed by atoms with van der Waals surface area (Å²) in [6, 6.07) is 16.9. The Morgan fingerprint density at radius 3 is 2.59 bits per heavy atom. The number of para-hydroxylation sites is 1. The molecule has 27 heavy (non-hydrogen) atoms. The fourth-order valence-electron chi connectivity index (χ4n) is 2.30. The number of hydrogen-bond donors (Lipinski definition) is 2. The Balaban J connectivity index is 1.49. The maximum atomic E-state index is 13.6. The van der Waals surface area contributed by atoms with E-state index in [0.717, 1.165) is 0 Å². The number of rotatable bonds is 7. The summed E-state index contributed by atoms with van der Waals surface area (Å²) < 4.78 is 19.0. The van der Waals surface area contributed by atoms with Gasteiger partial charge in [0.15, 0.2) is 6.61 Å². The summed E-state index contributed by atoms with van der Waals surface area (Å²) in [6.07, 6.45) is 1.51. The highest BCUT2D eigenvalue weighted by Gasteiger charge is 2.07. The van der Waals surface area contributed by atoms with E-state index in [0.29, 0.717) is 34.4 Å². The van der Waals surface area contributed by atoms with Crippen molar-refractivity contribution in [2.75, 3.05) is 17.2 Å². The Labute approximate surface area is 161 Å². The van der Waals surface area contributed by atoms with E-state index in [9.17, 15) is 9.18 Å². The van der Waals surface area contributed by atoms with Gasteiger partial charge in [-0.25, -0.2) is 9.37 Å². The summed E-state index contributed by atoms with van der Waals surface area (Å²) >= 11 is 5.97. The molecule has 2 N–H and O–H groups in total. The highest BCUT2D eigenvalue weighted by molar-refractivity contribution is 6.32. The lowest BCUT2D eigenvalue weighted by Gasteiger charge is -2.10. The first-order valence-corrected chi connectivity index (χ1v) is 8.60. The highest BCUT2D eigenvalue weighted by atomic mass is 35.5. The van der Waals surface area contributed by atoms with Gasteiger partial charge >= 0.3 is 0 Å². The lowest BCUT2D eigenvalue weighted by Crippen LogP contribution is -2.20. The SMILES string of the molecule is O=C(COc1ccccc1Cl)Nc1ccc(NCc2ccccc2F)nc1. The number of benzene rings is 2. The number of carbonyl (C=O) groups excluding carboxylic acids is 1. The van der Waals surface area contributed by atoms with Gasteiger partial charge in [0.1, 0.15) is 17.4 Å². The fraction of sp³-hybridized carbons (Fsp3) is 0.100. The van der Waals surface area contributed by atoms with Gasteiger partial charge in [0.05, 0.1) is 16.9 Å². The first-order valence-electron chi connectivity index (χ1n) is 8.22. The molecule has 1 aromatic heterocycles. The summed E-state index contributed by atoms with van der Waals surface area (Å²) in [5.74, 6) is 0.417. The van der Waals surface area contributed by atoms with Gasteiger partial charge in [-0.05, 0) is 30.3 Å². The normalized spacial score (nSPS) is 10.3. The van der Waals surface area contributed by atoms with Crippen molar-refractivity contribution in [3.05, 3.63) is 83.3 Å². The lowest BCUT2D eigenvalue weighted by atomic mass is 10.2. The van der Waals surface area contributed by atoms with E-state index in [1.807, 2.05) is 0 Å². The molecule has 0 spiro atoms. The molecule has 138 valence electrons. The minimum absolute atomic E-state index is 0.170. The van der Waals surface area contributed by atoms with Gasteiger partial charge in [-0.2, -0.15) is 0 Å². The van der Waals surface area contributed by atoms with Gasteiger partial charge in [-0.1, -0.05) is 41.9 Å². The number of halogens is 2. The van der Waals surface area contributed by atoms with E-state index >= 15 is 0 Å². The molecule has 0 bridgehead atoms. The topological polar surface area (TPSA) is 63.2 Å². The van der Waals surface area contributed by atoms with Crippen LogP contribution in [0.15, 0.2) is 66.9 Å². The molecular weight excluding hydrogens is 369 g/mol. The number of hydrogen-bond acceptors (Lipinski definition) is 4. The molecule has 3 aromatic rings. The molecule has 1 heterocycles.